The van der Waals surface area contributed by atoms with Crippen molar-refractivity contribution in [2.45, 2.75) is 5.79 Å². The van der Waals surface area contributed by atoms with E-state index in [0.29, 0.717) is 0 Å². The van der Waals surface area contributed by atoms with Crippen LogP contribution < -0.4 is 0 Å². The van der Waals surface area contributed by atoms with E-state index in [-0.39, 0.29) is 0 Å². The lowest BCUT2D eigenvalue weighted by Crippen LogP contribution is -2.29. The molecule has 4 heteroatoms. The minimum Gasteiger partial charge on any atom is -0.373 e. The summed E-state index contributed by atoms with van der Waals surface area (Å²) in [5.74, 6) is -1.34. The van der Waals surface area contributed by atoms with Crippen molar-refractivity contribution in [1.82, 2.24) is 0 Å². The third-order valence-corrected chi connectivity index (χ3v) is 1.29. The Morgan fingerprint density at radius 3 is 1.92 bits per heavy atom. The highest BCUT2D eigenvalue weighted by molar-refractivity contribution is 5.25. The van der Waals surface area contributed by atoms with Gasteiger partial charge < -0.3 is 9.47 Å². The first-order valence-electron chi connectivity index (χ1n) is 3.17. The van der Waals surface area contributed by atoms with Crippen LogP contribution in [-0.4, -0.2) is 5.79 Å². The molecule has 1 aliphatic rings. The van der Waals surface area contributed by atoms with Gasteiger partial charge in [-0.3, -0.25) is 0 Å². The number of allylic oxidation sites excluding steroid dienone is 2. The number of nitriles is 2. The SMILES string of the molecule is N#COC1(OC#N)C=C[CH]C=C1. The summed E-state index contributed by atoms with van der Waals surface area (Å²) in [6.07, 6.45) is 10.9. The average molecular weight is 161 g/mol. The molecular formula is C8H5N2O2. The van der Waals surface area contributed by atoms with Crippen LogP contribution in [0.5, 0.6) is 0 Å². The third kappa shape index (κ3) is 1.56. The van der Waals surface area contributed by atoms with E-state index in [9.17, 15) is 0 Å². The van der Waals surface area contributed by atoms with Gasteiger partial charge in [-0.25, -0.2) is 0 Å². The standard InChI is InChI=1S/C8H5N2O2/c9-6-11-8(12-7-10)4-2-1-3-5-8/h1-5H. The number of hydrogen-bond donors (Lipinski definition) is 0. The van der Waals surface area contributed by atoms with E-state index in [1.807, 2.05) is 0 Å². The Balaban J connectivity index is 2.80. The van der Waals surface area contributed by atoms with E-state index in [1.165, 1.54) is 24.7 Å². The van der Waals surface area contributed by atoms with Crippen LogP contribution in [-0.2, 0) is 9.47 Å². The number of ether oxygens (including phenoxy) is 2. The van der Waals surface area contributed by atoms with Crippen LogP contribution in [0.4, 0.5) is 0 Å². The molecule has 1 radical (unpaired) electrons. The van der Waals surface area contributed by atoms with Crippen molar-refractivity contribution in [2.24, 2.45) is 0 Å². The van der Waals surface area contributed by atoms with Gasteiger partial charge in [-0.1, -0.05) is 12.2 Å². The van der Waals surface area contributed by atoms with Crippen LogP contribution in [0.3, 0.4) is 0 Å². The summed E-state index contributed by atoms with van der Waals surface area (Å²) in [5.41, 5.74) is 0. The highest BCUT2D eigenvalue weighted by atomic mass is 16.7. The third-order valence-electron chi connectivity index (χ3n) is 1.29. The van der Waals surface area contributed by atoms with E-state index in [4.69, 9.17) is 10.5 Å². The highest BCUT2D eigenvalue weighted by Crippen LogP contribution is 2.20. The minimum atomic E-state index is -1.34. The van der Waals surface area contributed by atoms with Crippen molar-refractivity contribution in [3.8, 4) is 12.5 Å². The first kappa shape index (κ1) is 8.16. The van der Waals surface area contributed by atoms with Gasteiger partial charge in [0.1, 0.15) is 0 Å². The van der Waals surface area contributed by atoms with Gasteiger partial charge in [0, 0.05) is 18.6 Å². The zero-order valence-electron chi connectivity index (χ0n) is 6.10. The second kappa shape index (κ2) is 3.45. The molecule has 59 valence electrons. The summed E-state index contributed by atoms with van der Waals surface area (Å²) < 4.78 is 9.16. The molecular weight excluding hydrogens is 156 g/mol. The normalized spacial score (nSPS) is 17.5. The molecule has 0 atom stereocenters. The molecule has 12 heavy (non-hydrogen) atoms. The molecule has 1 rings (SSSR count). The van der Waals surface area contributed by atoms with Gasteiger partial charge in [0.05, 0.1) is 0 Å². The number of nitrogens with zero attached hydrogens (tertiary/aromatic N) is 2. The predicted molar refractivity (Wildman–Crippen MR) is 38.7 cm³/mol. The lowest BCUT2D eigenvalue weighted by Gasteiger charge is -2.21. The van der Waals surface area contributed by atoms with Crippen LogP contribution in [0, 0.1) is 29.5 Å². The second-order valence-electron chi connectivity index (χ2n) is 2.02. The van der Waals surface area contributed by atoms with E-state index >= 15 is 0 Å². The Kier molecular flexibility index (Phi) is 2.35. The number of rotatable bonds is 2. The molecule has 0 saturated heterocycles. The zero-order valence-corrected chi connectivity index (χ0v) is 6.10. The van der Waals surface area contributed by atoms with Crippen molar-refractivity contribution in [1.29, 1.82) is 10.5 Å². The molecule has 0 spiro atoms. The summed E-state index contributed by atoms with van der Waals surface area (Å²) in [6.45, 7) is 0. The first-order chi connectivity index (χ1) is 5.83. The second-order valence-corrected chi connectivity index (χ2v) is 2.02. The molecule has 0 N–H and O–H groups in total. The van der Waals surface area contributed by atoms with Crippen LogP contribution in [0.2, 0.25) is 0 Å². The van der Waals surface area contributed by atoms with E-state index in [2.05, 4.69) is 9.47 Å². The molecule has 4 nitrogen and oxygen atoms in total. The molecule has 0 aromatic carbocycles. The van der Waals surface area contributed by atoms with Crippen molar-refractivity contribution >= 4 is 0 Å². The van der Waals surface area contributed by atoms with E-state index < -0.39 is 5.79 Å². The van der Waals surface area contributed by atoms with Crippen LogP contribution >= 0.6 is 0 Å². The molecule has 0 saturated carbocycles. The Hall–Kier alpha value is -1.94. The van der Waals surface area contributed by atoms with Crippen molar-refractivity contribution < 1.29 is 9.47 Å². The Morgan fingerprint density at radius 2 is 1.50 bits per heavy atom. The van der Waals surface area contributed by atoms with Crippen LogP contribution in [0.1, 0.15) is 0 Å². The Bertz CT molecular complexity index is 263. The summed E-state index contributed by atoms with van der Waals surface area (Å²) >= 11 is 0. The van der Waals surface area contributed by atoms with Gasteiger partial charge in [0.2, 0.25) is 0 Å². The smallest absolute Gasteiger partial charge is 0.314 e. The van der Waals surface area contributed by atoms with Crippen molar-refractivity contribution in [3.05, 3.63) is 30.7 Å². The fraction of sp³-hybridized carbons (Fsp3) is 0.125. The quantitative estimate of drug-likeness (QED) is 0.447. The van der Waals surface area contributed by atoms with Crippen molar-refractivity contribution in [2.75, 3.05) is 0 Å². The fourth-order valence-electron chi connectivity index (χ4n) is 0.799. The van der Waals surface area contributed by atoms with Gasteiger partial charge >= 0.3 is 5.79 Å². The summed E-state index contributed by atoms with van der Waals surface area (Å²) in [5, 5.41) is 16.5. The summed E-state index contributed by atoms with van der Waals surface area (Å²) in [4.78, 5) is 0. The first-order valence-corrected chi connectivity index (χ1v) is 3.17. The van der Waals surface area contributed by atoms with Gasteiger partial charge in [0.25, 0.3) is 12.5 Å². The number of hydrogen-bond acceptors (Lipinski definition) is 4. The predicted octanol–water partition coefficient (Wildman–Crippen LogP) is 1.01. The molecule has 0 aromatic rings. The van der Waals surface area contributed by atoms with Crippen molar-refractivity contribution in [3.63, 3.8) is 0 Å². The van der Waals surface area contributed by atoms with Crippen LogP contribution in [0.15, 0.2) is 24.3 Å². The van der Waals surface area contributed by atoms with E-state index in [0.717, 1.165) is 0 Å². The molecule has 0 aromatic heterocycles. The maximum Gasteiger partial charge on any atom is 0.314 e. The molecule has 0 bridgehead atoms. The van der Waals surface area contributed by atoms with Gasteiger partial charge in [-0.2, -0.15) is 10.5 Å². The molecule has 1 aliphatic carbocycles. The molecule has 0 heterocycles. The Morgan fingerprint density at radius 1 is 1.00 bits per heavy atom. The average Bonchev–Trinajstić information content (AvgIpc) is 2.07. The summed E-state index contributed by atoms with van der Waals surface area (Å²) in [6, 6.07) is 0. The topological polar surface area (TPSA) is 66.0 Å². The van der Waals surface area contributed by atoms with E-state index in [1.54, 1.807) is 18.6 Å². The van der Waals surface area contributed by atoms with Gasteiger partial charge in [-0.15, -0.1) is 0 Å². The van der Waals surface area contributed by atoms with Gasteiger partial charge in [0.15, 0.2) is 0 Å². The maximum atomic E-state index is 8.27. The van der Waals surface area contributed by atoms with Gasteiger partial charge in [-0.05, 0) is 0 Å². The minimum absolute atomic E-state index is 1.34. The molecule has 0 unspecified atom stereocenters. The molecule has 0 aliphatic heterocycles. The summed E-state index contributed by atoms with van der Waals surface area (Å²) in [7, 11) is 0. The Labute approximate surface area is 69.9 Å². The molecule has 0 fully saturated rings. The maximum absolute atomic E-state index is 8.27. The largest absolute Gasteiger partial charge is 0.373 e. The highest BCUT2D eigenvalue weighted by Gasteiger charge is 2.29. The monoisotopic (exact) mass is 161 g/mol. The lowest BCUT2D eigenvalue weighted by atomic mass is 10.1. The lowest BCUT2D eigenvalue weighted by molar-refractivity contribution is -0.0770. The van der Waals surface area contributed by atoms with Crippen LogP contribution in [0.25, 0.3) is 0 Å². The zero-order chi connectivity index (χ0) is 8.86. The fourth-order valence-corrected chi connectivity index (χ4v) is 0.799. The molecule has 0 amide bonds.